The van der Waals surface area contributed by atoms with Crippen molar-refractivity contribution in [3.05, 3.63) is 0 Å². The molecule has 2 aliphatic rings. The second-order valence-electron chi connectivity index (χ2n) is 6.70. The first-order chi connectivity index (χ1) is 8.74. The molecule has 2 unspecified atom stereocenters. The summed E-state index contributed by atoms with van der Waals surface area (Å²) in [7, 11) is 0. The SMILES string of the molecule is CC1CC(C)CC(NCCOC2CCCCC2)C1. The Labute approximate surface area is 113 Å². The van der Waals surface area contributed by atoms with Crippen LogP contribution in [0.1, 0.15) is 65.2 Å². The fraction of sp³-hybridized carbons (Fsp3) is 1.00. The first kappa shape index (κ1) is 14.3. The van der Waals surface area contributed by atoms with E-state index in [0.717, 1.165) is 31.0 Å². The van der Waals surface area contributed by atoms with Crippen molar-refractivity contribution in [3.63, 3.8) is 0 Å². The summed E-state index contributed by atoms with van der Waals surface area (Å²) in [6.07, 6.45) is 11.4. The van der Waals surface area contributed by atoms with Gasteiger partial charge in [-0.3, -0.25) is 0 Å². The van der Waals surface area contributed by atoms with Gasteiger partial charge in [-0.1, -0.05) is 33.1 Å². The van der Waals surface area contributed by atoms with E-state index in [4.69, 9.17) is 4.74 Å². The Bertz CT molecular complexity index is 215. The molecule has 2 heteroatoms. The molecule has 0 aromatic rings. The largest absolute Gasteiger partial charge is 0.377 e. The molecule has 106 valence electrons. The summed E-state index contributed by atoms with van der Waals surface area (Å²) in [5.74, 6) is 1.79. The third-order valence-electron chi connectivity index (χ3n) is 4.62. The lowest BCUT2D eigenvalue weighted by Gasteiger charge is -2.32. The molecule has 0 radical (unpaired) electrons. The first-order valence-corrected chi connectivity index (χ1v) is 8.09. The number of rotatable bonds is 5. The van der Waals surface area contributed by atoms with E-state index in [1.54, 1.807) is 0 Å². The fourth-order valence-corrected chi connectivity index (χ4v) is 3.83. The molecule has 2 nitrogen and oxygen atoms in total. The van der Waals surface area contributed by atoms with Crippen LogP contribution in [0.25, 0.3) is 0 Å². The van der Waals surface area contributed by atoms with Crippen LogP contribution in [0.3, 0.4) is 0 Å². The van der Waals surface area contributed by atoms with Gasteiger partial charge in [-0.2, -0.15) is 0 Å². The van der Waals surface area contributed by atoms with Crippen LogP contribution in [0, 0.1) is 11.8 Å². The number of nitrogens with one attached hydrogen (secondary N) is 1. The van der Waals surface area contributed by atoms with Gasteiger partial charge in [-0.05, 0) is 43.9 Å². The Kier molecular flexibility index (Phi) is 5.97. The summed E-state index contributed by atoms with van der Waals surface area (Å²) in [5, 5.41) is 3.70. The molecule has 0 aromatic heterocycles. The molecule has 2 saturated carbocycles. The Morgan fingerprint density at radius 2 is 1.61 bits per heavy atom. The highest BCUT2D eigenvalue weighted by molar-refractivity contribution is 4.79. The van der Waals surface area contributed by atoms with Crippen molar-refractivity contribution in [1.29, 1.82) is 0 Å². The van der Waals surface area contributed by atoms with E-state index in [0.29, 0.717) is 6.10 Å². The van der Waals surface area contributed by atoms with Crippen molar-refractivity contribution < 1.29 is 4.74 Å². The normalized spacial score (nSPS) is 34.7. The molecule has 0 aliphatic heterocycles. The van der Waals surface area contributed by atoms with Gasteiger partial charge in [0.25, 0.3) is 0 Å². The average molecular weight is 253 g/mol. The van der Waals surface area contributed by atoms with E-state index >= 15 is 0 Å². The molecule has 2 fully saturated rings. The molecule has 2 aliphatic carbocycles. The molecule has 2 rings (SSSR count). The molecular weight excluding hydrogens is 222 g/mol. The minimum absolute atomic E-state index is 0.560. The van der Waals surface area contributed by atoms with Crippen LogP contribution in [-0.4, -0.2) is 25.3 Å². The molecule has 0 amide bonds. The minimum atomic E-state index is 0.560. The Balaban J connectivity index is 1.54. The quantitative estimate of drug-likeness (QED) is 0.753. The Morgan fingerprint density at radius 3 is 2.28 bits per heavy atom. The van der Waals surface area contributed by atoms with Crippen LogP contribution < -0.4 is 5.32 Å². The predicted molar refractivity (Wildman–Crippen MR) is 76.8 cm³/mol. The fourth-order valence-electron chi connectivity index (χ4n) is 3.83. The Hall–Kier alpha value is -0.0800. The highest BCUT2D eigenvalue weighted by Crippen LogP contribution is 2.28. The van der Waals surface area contributed by atoms with Gasteiger partial charge in [0.2, 0.25) is 0 Å². The average Bonchev–Trinajstić information content (AvgIpc) is 2.35. The second-order valence-corrected chi connectivity index (χ2v) is 6.70. The highest BCUT2D eigenvalue weighted by Gasteiger charge is 2.23. The summed E-state index contributed by atoms with van der Waals surface area (Å²) in [6, 6.07) is 0.735. The van der Waals surface area contributed by atoms with Gasteiger partial charge < -0.3 is 10.1 Å². The van der Waals surface area contributed by atoms with Gasteiger partial charge in [-0.25, -0.2) is 0 Å². The van der Waals surface area contributed by atoms with Gasteiger partial charge in [0.15, 0.2) is 0 Å². The molecule has 0 aromatic carbocycles. The molecule has 0 saturated heterocycles. The van der Waals surface area contributed by atoms with Crippen LogP contribution in [0.5, 0.6) is 0 Å². The Morgan fingerprint density at radius 1 is 0.944 bits per heavy atom. The first-order valence-electron chi connectivity index (χ1n) is 8.09. The number of hydrogen-bond donors (Lipinski definition) is 1. The van der Waals surface area contributed by atoms with Crippen LogP contribution in [0.15, 0.2) is 0 Å². The third kappa shape index (κ3) is 4.89. The van der Waals surface area contributed by atoms with Crippen molar-refractivity contribution in [1.82, 2.24) is 5.32 Å². The smallest absolute Gasteiger partial charge is 0.0594 e. The van der Waals surface area contributed by atoms with E-state index in [1.807, 2.05) is 0 Å². The number of hydrogen-bond acceptors (Lipinski definition) is 2. The van der Waals surface area contributed by atoms with Crippen LogP contribution >= 0.6 is 0 Å². The monoisotopic (exact) mass is 253 g/mol. The second kappa shape index (κ2) is 7.49. The van der Waals surface area contributed by atoms with E-state index in [2.05, 4.69) is 19.2 Å². The zero-order valence-electron chi connectivity index (χ0n) is 12.3. The zero-order valence-corrected chi connectivity index (χ0v) is 12.3. The standard InChI is InChI=1S/C16H31NO/c1-13-10-14(2)12-15(11-13)17-8-9-18-16-6-4-3-5-7-16/h13-17H,3-12H2,1-2H3. The maximum atomic E-state index is 5.97. The molecule has 1 N–H and O–H groups in total. The number of ether oxygens (including phenoxy) is 1. The van der Waals surface area contributed by atoms with Crippen molar-refractivity contribution in [2.75, 3.05) is 13.2 Å². The summed E-state index contributed by atoms with van der Waals surface area (Å²) >= 11 is 0. The van der Waals surface area contributed by atoms with Crippen molar-refractivity contribution >= 4 is 0 Å². The lowest BCUT2D eigenvalue weighted by atomic mass is 9.80. The lowest BCUT2D eigenvalue weighted by Crippen LogP contribution is -2.38. The molecule has 0 spiro atoms. The van der Waals surface area contributed by atoms with Crippen LogP contribution in [0.2, 0.25) is 0 Å². The topological polar surface area (TPSA) is 21.3 Å². The van der Waals surface area contributed by atoms with Crippen LogP contribution in [-0.2, 0) is 4.74 Å². The zero-order chi connectivity index (χ0) is 12.8. The molecule has 0 bridgehead atoms. The maximum Gasteiger partial charge on any atom is 0.0594 e. The summed E-state index contributed by atoms with van der Waals surface area (Å²) in [6.45, 7) is 6.73. The minimum Gasteiger partial charge on any atom is -0.377 e. The summed E-state index contributed by atoms with van der Waals surface area (Å²) in [4.78, 5) is 0. The van der Waals surface area contributed by atoms with Gasteiger partial charge in [0.05, 0.1) is 12.7 Å². The van der Waals surface area contributed by atoms with E-state index < -0.39 is 0 Å². The molecule has 18 heavy (non-hydrogen) atoms. The summed E-state index contributed by atoms with van der Waals surface area (Å²) < 4.78 is 5.97. The molecule has 2 atom stereocenters. The lowest BCUT2D eigenvalue weighted by molar-refractivity contribution is 0.0282. The van der Waals surface area contributed by atoms with Crippen LogP contribution in [0.4, 0.5) is 0 Å². The predicted octanol–water partition coefficient (Wildman–Crippen LogP) is 3.75. The maximum absolute atomic E-state index is 5.97. The van der Waals surface area contributed by atoms with Gasteiger partial charge in [0.1, 0.15) is 0 Å². The van der Waals surface area contributed by atoms with Gasteiger partial charge >= 0.3 is 0 Å². The van der Waals surface area contributed by atoms with Gasteiger partial charge in [-0.15, -0.1) is 0 Å². The van der Waals surface area contributed by atoms with E-state index in [9.17, 15) is 0 Å². The molecular formula is C16H31NO. The van der Waals surface area contributed by atoms with E-state index in [1.165, 1.54) is 51.4 Å². The van der Waals surface area contributed by atoms with Crippen molar-refractivity contribution in [3.8, 4) is 0 Å². The van der Waals surface area contributed by atoms with E-state index in [-0.39, 0.29) is 0 Å². The third-order valence-corrected chi connectivity index (χ3v) is 4.62. The van der Waals surface area contributed by atoms with Crippen molar-refractivity contribution in [2.45, 2.75) is 77.4 Å². The summed E-state index contributed by atoms with van der Waals surface area (Å²) in [5.41, 5.74) is 0. The van der Waals surface area contributed by atoms with Gasteiger partial charge in [0, 0.05) is 12.6 Å². The highest BCUT2D eigenvalue weighted by atomic mass is 16.5. The van der Waals surface area contributed by atoms with Crippen molar-refractivity contribution in [2.24, 2.45) is 11.8 Å². The molecule has 0 heterocycles.